The van der Waals surface area contributed by atoms with Crippen LogP contribution in [0.25, 0.3) is 0 Å². The number of esters is 4. The molecule has 0 bridgehead atoms. The first kappa shape index (κ1) is 27.1. The lowest BCUT2D eigenvalue weighted by molar-refractivity contribution is -0.307. The highest BCUT2D eigenvalue weighted by molar-refractivity contribution is 5.68. The Morgan fingerprint density at radius 1 is 0.794 bits per heavy atom. The molecule has 1 saturated heterocycles. The molecule has 0 N–H and O–H groups in total. The van der Waals surface area contributed by atoms with E-state index in [0.29, 0.717) is 12.2 Å². The van der Waals surface area contributed by atoms with Crippen LogP contribution in [0.2, 0.25) is 0 Å². The molecule has 1 aliphatic heterocycles. The van der Waals surface area contributed by atoms with E-state index < -0.39 is 54.6 Å². The number of hydrogen-bond donors (Lipinski definition) is 0. The maximum absolute atomic E-state index is 11.8. The Balaban J connectivity index is 2.25. The molecule has 0 amide bonds. The van der Waals surface area contributed by atoms with E-state index in [1.54, 1.807) is 7.11 Å². The fraction of sp³-hybridized carbons (Fsp3) is 0.565. The summed E-state index contributed by atoms with van der Waals surface area (Å²) < 4.78 is 38.0. The Morgan fingerprint density at radius 3 is 1.88 bits per heavy atom. The molecule has 0 unspecified atom stereocenters. The molecular formula is C23H30O11. The van der Waals surface area contributed by atoms with Crippen molar-refractivity contribution < 1.29 is 52.3 Å². The quantitative estimate of drug-likeness (QED) is 0.353. The maximum atomic E-state index is 11.8. The lowest BCUT2D eigenvalue weighted by atomic mass is 9.98. The normalized spacial score (nSPS) is 24.0. The Labute approximate surface area is 197 Å². The van der Waals surface area contributed by atoms with E-state index in [1.807, 2.05) is 24.3 Å². The van der Waals surface area contributed by atoms with Gasteiger partial charge in [0, 0.05) is 27.7 Å². The topological polar surface area (TPSA) is 133 Å². The number of methoxy groups -OCH3 is 1. The molecule has 0 saturated carbocycles. The highest BCUT2D eigenvalue weighted by Gasteiger charge is 2.52. The zero-order valence-electron chi connectivity index (χ0n) is 19.8. The molecule has 11 heteroatoms. The molecule has 188 valence electrons. The summed E-state index contributed by atoms with van der Waals surface area (Å²) in [6.07, 6.45) is -5.47. The number of rotatable bonds is 10. The molecule has 1 fully saturated rings. The SMILES string of the molecule is COc1ccc(CCO[C@@H]2O[C@H](COC(C)=O)[C@@H](OC(C)=O)[C@H](OC(C)=O)[C@H]2OC(C)=O)cc1. The number of carbonyl (C=O) groups excluding carboxylic acids is 4. The van der Waals surface area contributed by atoms with E-state index in [9.17, 15) is 19.2 Å². The fourth-order valence-electron chi connectivity index (χ4n) is 3.41. The third-order valence-electron chi connectivity index (χ3n) is 4.78. The smallest absolute Gasteiger partial charge is 0.303 e. The highest BCUT2D eigenvalue weighted by Crippen LogP contribution is 2.30. The zero-order valence-corrected chi connectivity index (χ0v) is 19.8. The predicted octanol–water partition coefficient (Wildman–Crippen LogP) is 1.34. The lowest BCUT2D eigenvalue weighted by Crippen LogP contribution is -2.63. The van der Waals surface area contributed by atoms with Gasteiger partial charge in [0.05, 0.1) is 13.7 Å². The minimum absolute atomic E-state index is 0.153. The van der Waals surface area contributed by atoms with Gasteiger partial charge in [-0.3, -0.25) is 19.2 Å². The van der Waals surface area contributed by atoms with Crippen LogP contribution in [0.15, 0.2) is 24.3 Å². The molecule has 1 heterocycles. The van der Waals surface area contributed by atoms with Crippen molar-refractivity contribution in [3.05, 3.63) is 29.8 Å². The van der Waals surface area contributed by atoms with Crippen molar-refractivity contribution in [2.75, 3.05) is 20.3 Å². The average Bonchev–Trinajstić information content (AvgIpc) is 2.75. The third kappa shape index (κ3) is 8.31. The Kier molecular flexibility index (Phi) is 10.3. The van der Waals surface area contributed by atoms with Gasteiger partial charge in [0.15, 0.2) is 24.6 Å². The standard InChI is InChI=1S/C23H30O11/c1-13(24)30-12-19-20(31-14(2)25)21(32-15(3)26)22(33-16(4)27)23(34-19)29-11-10-17-6-8-18(28-5)9-7-17/h6-9,19-23H,10-12H2,1-5H3/t19-,20-,21+,22-,23-/m1/s1. The van der Waals surface area contributed by atoms with Gasteiger partial charge in [-0.1, -0.05) is 12.1 Å². The third-order valence-corrected chi connectivity index (χ3v) is 4.78. The van der Waals surface area contributed by atoms with Crippen molar-refractivity contribution >= 4 is 23.9 Å². The van der Waals surface area contributed by atoms with E-state index in [4.69, 9.17) is 33.2 Å². The monoisotopic (exact) mass is 482 g/mol. The van der Waals surface area contributed by atoms with Crippen LogP contribution in [-0.4, -0.2) is 74.9 Å². The first-order valence-electron chi connectivity index (χ1n) is 10.7. The molecule has 2 rings (SSSR count). The minimum Gasteiger partial charge on any atom is -0.497 e. The van der Waals surface area contributed by atoms with Gasteiger partial charge in [0.1, 0.15) is 18.5 Å². The molecule has 1 aromatic rings. The van der Waals surface area contributed by atoms with Crippen molar-refractivity contribution in [3.63, 3.8) is 0 Å². The van der Waals surface area contributed by atoms with E-state index in [-0.39, 0.29) is 13.2 Å². The zero-order chi connectivity index (χ0) is 25.3. The number of ether oxygens (including phenoxy) is 7. The van der Waals surface area contributed by atoms with Gasteiger partial charge in [-0.05, 0) is 24.1 Å². The average molecular weight is 482 g/mol. The van der Waals surface area contributed by atoms with Crippen LogP contribution in [0.5, 0.6) is 5.75 Å². The number of hydrogen-bond acceptors (Lipinski definition) is 11. The molecule has 1 aromatic carbocycles. The molecular weight excluding hydrogens is 452 g/mol. The summed E-state index contributed by atoms with van der Waals surface area (Å²) in [5.41, 5.74) is 0.950. The second kappa shape index (κ2) is 12.9. The summed E-state index contributed by atoms with van der Waals surface area (Å²) in [4.78, 5) is 46.7. The maximum Gasteiger partial charge on any atom is 0.303 e. The van der Waals surface area contributed by atoms with Crippen molar-refractivity contribution in [3.8, 4) is 5.75 Å². The summed E-state index contributed by atoms with van der Waals surface area (Å²) in [6, 6.07) is 7.36. The first-order chi connectivity index (χ1) is 16.1. The van der Waals surface area contributed by atoms with E-state index in [0.717, 1.165) is 19.4 Å². The van der Waals surface area contributed by atoms with Gasteiger partial charge in [0.25, 0.3) is 0 Å². The molecule has 34 heavy (non-hydrogen) atoms. The van der Waals surface area contributed by atoms with Gasteiger partial charge < -0.3 is 33.2 Å². The summed E-state index contributed by atoms with van der Waals surface area (Å²) in [5.74, 6) is -1.96. The van der Waals surface area contributed by atoms with Gasteiger partial charge in [0.2, 0.25) is 0 Å². The van der Waals surface area contributed by atoms with Crippen molar-refractivity contribution in [1.82, 2.24) is 0 Å². The van der Waals surface area contributed by atoms with Gasteiger partial charge in [-0.15, -0.1) is 0 Å². The van der Waals surface area contributed by atoms with E-state index >= 15 is 0 Å². The molecule has 0 spiro atoms. The largest absolute Gasteiger partial charge is 0.497 e. The number of benzene rings is 1. The Bertz CT molecular complexity index is 851. The van der Waals surface area contributed by atoms with Crippen LogP contribution in [-0.2, 0) is 54.0 Å². The minimum atomic E-state index is -1.26. The summed E-state index contributed by atoms with van der Waals surface area (Å²) in [6.45, 7) is 4.54. The molecule has 1 aliphatic rings. The summed E-state index contributed by atoms with van der Waals surface area (Å²) in [5, 5.41) is 0. The second-order valence-electron chi connectivity index (χ2n) is 7.54. The summed E-state index contributed by atoms with van der Waals surface area (Å²) >= 11 is 0. The first-order valence-corrected chi connectivity index (χ1v) is 10.7. The van der Waals surface area contributed by atoms with Crippen LogP contribution < -0.4 is 4.74 Å². The predicted molar refractivity (Wildman–Crippen MR) is 115 cm³/mol. The Hall–Kier alpha value is -3.18. The van der Waals surface area contributed by atoms with Crippen molar-refractivity contribution in [1.29, 1.82) is 0 Å². The van der Waals surface area contributed by atoms with E-state index in [1.165, 1.54) is 13.8 Å². The highest BCUT2D eigenvalue weighted by atomic mass is 16.7. The van der Waals surface area contributed by atoms with Gasteiger partial charge >= 0.3 is 23.9 Å². The molecule has 0 radical (unpaired) electrons. The van der Waals surface area contributed by atoms with Gasteiger partial charge in [-0.2, -0.15) is 0 Å². The van der Waals surface area contributed by atoms with Crippen molar-refractivity contribution in [2.45, 2.75) is 64.8 Å². The summed E-state index contributed by atoms with van der Waals surface area (Å²) in [7, 11) is 1.57. The second-order valence-corrected chi connectivity index (χ2v) is 7.54. The Morgan fingerprint density at radius 2 is 1.35 bits per heavy atom. The molecule has 11 nitrogen and oxygen atoms in total. The van der Waals surface area contributed by atoms with Crippen molar-refractivity contribution in [2.24, 2.45) is 0 Å². The van der Waals surface area contributed by atoms with Crippen LogP contribution >= 0.6 is 0 Å². The molecule has 0 aliphatic carbocycles. The van der Waals surface area contributed by atoms with Crippen LogP contribution in [0.4, 0.5) is 0 Å². The molecule has 0 aromatic heterocycles. The lowest BCUT2D eigenvalue weighted by Gasteiger charge is -2.44. The van der Waals surface area contributed by atoms with Gasteiger partial charge in [-0.25, -0.2) is 0 Å². The molecule has 5 atom stereocenters. The van der Waals surface area contributed by atoms with Crippen LogP contribution in [0, 0.1) is 0 Å². The van der Waals surface area contributed by atoms with Crippen LogP contribution in [0.3, 0.4) is 0 Å². The fourth-order valence-corrected chi connectivity index (χ4v) is 3.41. The number of carbonyl (C=O) groups is 4. The van der Waals surface area contributed by atoms with E-state index in [2.05, 4.69) is 0 Å². The van der Waals surface area contributed by atoms with Crippen LogP contribution in [0.1, 0.15) is 33.3 Å².